The maximum absolute atomic E-state index is 9.49. The van der Waals surface area contributed by atoms with Crippen molar-refractivity contribution >= 4 is 0 Å². The van der Waals surface area contributed by atoms with Gasteiger partial charge in [0, 0.05) is 17.9 Å². The summed E-state index contributed by atoms with van der Waals surface area (Å²) in [7, 11) is 1.55. The lowest BCUT2D eigenvalue weighted by Crippen LogP contribution is -1.84. The van der Waals surface area contributed by atoms with E-state index < -0.39 is 0 Å². The van der Waals surface area contributed by atoms with Crippen molar-refractivity contribution in [2.24, 2.45) is 5.11 Å². The first-order chi connectivity index (χ1) is 7.77. The Morgan fingerprint density at radius 1 is 1.56 bits per heavy atom. The molecule has 0 aromatic heterocycles. The highest BCUT2D eigenvalue weighted by Crippen LogP contribution is 2.21. The lowest BCUT2D eigenvalue weighted by molar-refractivity contribution is 0.412. The molecule has 0 fully saturated rings. The van der Waals surface area contributed by atoms with Crippen molar-refractivity contribution in [1.29, 1.82) is 0 Å². The third kappa shape index (κ3) is 3.45. The molecule has 1 aromatic carbocycles. The average Bonchev–Trinajstić information content (AvgIpc) is 2.31. The van der Waals surface area contributed by atoms with Gasteiger partial charge in [-0.2, -0.15) is 0 Å². The number of rotatable bonds is 3. The SMILES string of the molecule is COc1ccc(O)c(C#CCCN=[N+]=[N-])c1. The molecule has 0 radical (unpaired) electrons. The minimum atomic E-state index is 0.108. The minimum Gasteiger partial charge on any atom is -0.507 e. The van der Waals surface area contributed by atoms with Crippen LogP contribution in [0.15, 0.2) is 23.3 Å². The van der Waals surface area contributed by atoms with Gasteiger partial charge in [-0.25, -0.2) is 0 Å². The maximum Gasteiger partial charge on any atom is 0.131 e. The molecule has 1 rings (SSSR count). The van der Waals surface area contributed by atoms with Gasteiger partial charge in [-0.3, -0.25) is 0 Å². The van der Waals surface area contributed by atoms with E-state index in [9.17, 15) is 5.11 Å². The predicted molar refractivity (Wildman–Crippen MR) is 60.2 cm³/mol. The van der Waals surface area contributed by atoms with Crippen molar-refractivity contribution in [3.8, 4) is 23.3 Å². The third-order valence-electron chi connectivity index (χ3n) is 1.83. The van der Waals surface area contributed by atoms with Gasteiger partial charge >= 0.3 is 0 Å². The van der Waals surface area contributed by atoms with Crippen molar-refractivity contribution in [3.63, 3.8) is 0 Å². The molecule has 0 spiro atoms. The van der Waals surface area contributed by atoms with Gasteiger partial charge in [-0.15, -0.1) is 0 Å². The Morgan fingerprint density at radius 3 is 3.06 bits per heavy atom. The van der Waals surface area contributed by atoms with Crippen LogP contribution in [0.1, 0.15) is 12.0 Å². The lowest BCUT2D eigenvalue weighted by Gasteiger charge is -2.01. The molecule has 0 heterocycles. The Labute approximate surface area is 93.3 Å². The molecule has 0 aliphatic heterocycles. The molecule has 0 unspecified atom stereocenters. The summed E-state index contributed by atoms with van der Waals surface area (Å²) in [6, 6.07) is 4.83. The Balaban J connectivity index is 2.74. The van der Waals surface area contributed by atoms with E-state index in [1.807, 2.05) is 0 Å². The van der Waals surface area contributed by atoms with Crippen molar-refractivity contribution in [1.82, 2.24) is 0 Å². The van der Waals surface area contributed by atoms with Gasteiger partial charge in [0.1, 0.15) is 11.5 Å². The molecule has 0 aliphatic rings. The van der Waals surface area contributed by atoms with E-state index >= 15 is 0 Å². The third-order valence-corrected chi connectivity index (χ3v) is 1.83. The van der Waals surface area contributed by atoms with Crippen LogP contribution in [0.3, 0.4) is 0 Å². The van der Waals surface area contributed by atoms with Gasteiger partial charge in [0.2, 0.25) is 0 Å². The number of nitrogens with zero attached hydrogens (tertiary/aromatic N) is 3. The fourth-order valence-corrected chi connectivity index (χ4v) is 1.05. The van der Waals surface area contributed by atoms with Crippen LogP contribution in [0.2, 0.25) is 0 Å². The number of ether oxygens (including phenoxy) is 1. The second-order valence-electron chi connectivity index (χ2n) is 2.89. The molecular formula is C11H11N3O2. The van der Waals surface area contributed by atoms with Crippen molar-refractivity contribution in [3.05, 3.63) is 34.2 Å². The summed E-state index contributed by atoms with van der Waals surface area (Å²) < 4.78 is 5.01. The van der Waals surface area contributed by atoms with E-state index in [1.54, 1.807) is 19.2 Å². The van der Waals surface area contributed by atoms with Gasteiger partial charge in [-0.1, -0.05) is 17.0 Å². The summed E-state index contributed by atoms with van der Waals surface area (Å²) in [6.45, 7) is 0.328. The summed E-state index contributed by atoms with van der Waals surface area (Å²) in [5, 5.41) is 12.8. The van der Waals surface area contributed by atoms with E-state index in [4.69, 9.17) is 10.3 Å². The first kappa shape index (κ1) is 11.8. The Morgan fingerprint density at radius 2 is 2.38 bits per heavy atom. The van der Waals surface area contributed by atoms with Crippen molar-refractivity contribution in [2.75, 3.05) is 13.7 Å². The zero-order valence-corrected chi connectivity index (χ0v) is 8.84. The summed E-state index contributed by atoms with van der Waals surface area (Å²) >= 11 is 0. The van der Waals surface area contributed by atoms with Crippen LogP contribution < -0.4 is 4.74 Å². The number of phenolic OH excluding ortho intramolecular Hbond substituents is 1. The summed E-state index contributed by atoms with van der Waals surface area (Å²) in [6.07, 6.45) is 0.459. The standard InChI is InChI=1S/C11H11N3O2/c1-16-10-5-6-11(15)9(8-10)4-2-3-7-13-14-12/h5-6,8,15H,3,7H2,1H3. The summed E-state index contributed by atoms with van der Waals surface area (Å²) in [4.78, 5) is 2.61. The van der Waals surface area contributed by atoms with E-state index in [0.717, 1.165) is 0 Å². The zero-order valence-electron chi connectivity index (χ0n) is 8.84. The van der Waals surface area contributed by atoms with Crippen LogP contribution in [-0.4, -0.2) is 18.8 Å². The number of methoxy groups -OCH3 is 1. The number of hydrogen-bond acceptors (Lipinski definition) is 3. The molecule has 5 heteroatoms. The maximum atomic E-state index is 9.49. The van der Waals surface area contributed by atoms with Crippen LogP contribution in [-0.2, 0) is 0 Å². The predicted octanol–water partition coefficient (Wildman–Crippen LogP) is 2.45. The quantitative estimate of drug-likeness (QED) is 0.277. The number of hydrogen-bond donors (Lipinski definition) is 1. The van der Waals surface area contributed by atoms with Crippen molar-refractivity contribution < 1.29 is 9.84 Å². The smallest absolute Gasteiger partial charge is 0.131 e. The number of phenols is 1. The molecule has 0 saturated carbocycles. The number of aromatic hydroxyl groups is 1. The fourth-order valence-electron chi connectivity index (χ4n) is 1.05. The van der Waals surface area contributed by atoms with Gasteiger partial charge in [0.15, 0.2) is 0 Å². The molecule has 0 bridgehead atoms. The minimum absolute atomic E-state index is 0.108. The molecule has 0 amide bonds. The molecule has 82 valence electrons. The fraction of sp³-hybridized carbons (Fsp3) is 0.273. The topological polar surface area (TPSA) is 78.2 Å². The normalized spacial score (nSPS) is 8.56. The Kier molecular flexibility index (Phi) is 4.58. The molecule has 1 aromatic rings. The van der Waals surface area contributed by atoms with E-state index in [1.165, 1.54) is 6.07 Å². The zero-order chi connectivity index (χ0) is 11.8. The monoisotopic (exact) mass is 217 g/mol. The summed E-state index contributed by atoms with van der Waals surface area (Å²) in [5.74, 6) is 6.33. The van der Waals surface area contributed by atoms with Crippen LogP contribution in [0.25, 0.3) is 10.4 Å². The summed E-state index contributed by atoms with van der Waals surface area (Å²) in [5.41, 5.74) is 8.55. The van der Waals surface area contributed by atoms with Gasteiger partial charge in [0.05, 0.1) is 12.7 Å². The van der Waals surface area contributed by atoms with Crippen LogP contribution in [0.5, 0.6) is 11.5 Å². The first-order valence-electron chi connectivity index (χ1n) is 4.64. The number of benzene rings is 1. The molecule has 0 saturated heterocycles. The molecule has 0 aliphatic carbocycles. The Hall–Kier alpha value is -2.31. The molecule has 0 atom stereocenters. The Bertz CT molecular complexity index is 468. The largest absolute Gasteiger partial charge is 0.507 e. The van der Waals surface area contributed by atoms with E-state index in [0.29, 0.717) is 24.3 Å². The lowest BCUT2D eigenvalue weighted by atomic mass is 10.2. The van der Waals surface area contributed by atoms with Crippen LogP contribution in [0.4, 0.5) is 0 Å². The first-order valence-corrected chi connectivity index (χ1v) is 4.64. The van der Waals surface area contributed by atoms with Crippen molar-refractivity contribution in [2.45, 2.75) is 6.42 Å². The average molecular weight is 217 g/mol. The second-order valence-corrected chi connectivity index (χ2v) is 2.89. The molecular weight excluding hydrogens is 206 g/mol. The van der Waals surface area contributed by atoms with Crippen LogP contribution in [0, 0.1) is 11.8 Å². The number of azide groups is 1. The van der Waals surface area contributed by atoms with Gasteiger partial charge in [-0.05, 0) is 23.7 Å². The van der Waals surface area contributed by atoms with E-state index in [-0.39, 0.29) is 5.75 Å². The highest BCUT2D eigenvalue weighted by atomic mass is 16.5. The highest BCUT2D eigenvalue weighted by molar-refractivity contribution is 5.49. The van der Waals surface area contributed by atoms with Crippen LogP contribution >= 0.6 is 0 Å². The van der Waals surface area contributed by atoms with Gasteiger partial charge in [0.25, 0.3) is 0 Å². The second kappa shape index (κ2) is 6.23. The van der Waals surface area contributed by atoms with E-state index in [2.05, 4.69) is 21.9 Å². The molecule has 5 nitrogen and oxygen atoms in total. The highest BCUT2D eigenvalue weighted by Gasteiger charge is 1.99. The van der Waals surface area contributed by atoms with Gasteiger partial charge < -0.3 is 9.84 Å². The molecule has 16 heavy (non-hydrogen) atoms. The molecule has 1 N–H and O–H groups in total.